The predicted molar refractivity (Wildman–Crippen MR) is 121 cm³/mol. The molecule has 0 fully saturated rings. The minimum Gasteiger partial charge on any atom is -0.496 e. The van der Waals surface area contributed by atoms with Crippen LogP contribution in [0.3, 0.4) is 0 Å². The van der Waals surface area contributed by atoms with Crippen molar-refractivity contribution < 1.29 is 23.8 Å². The van der Waals surface area contributed by atoms with E-state index in [0.717, 1.165) is 33.2 Å². The van der Waals surface area contributed by atoms with Crippen LogP contribution < -0.4 is 4.74 Å². The van der Waals surface area contributed by atoms with Gasteiger partial charge in [-0.15, -0.1) is 0 Å². The molecule has 3 aromatic rings. The van der Waals surface area contributed by atoms with Gasteiger partial charge in [0, 0.05) is 5.56 Å². The molecule has 0 saturated heterocycles. The molecular weight excluding hydrogens is 392 g/mol. The molecule has 0 N–H and O–H groups in total. The van der Waals surface area contributed by atoms with Crippen molar-refractivity contribution in [3.05, 3.63) is 65.7 Å². The molecule has 0 aliphatic rings. The smallest absolute Gasteiger partial charge is 0.324 e. The summed E-state index contributed by atoms with van der Waals surface area (Å²) in [7, 11) is 4.20. The zero-order valence-corrected chi connectivity index (χ0v) is 18.8. The molecule has 0 unspecified atom stereocenters. The molecule has 0 bridgehead atoms. The van der Waals surface area contributed by atoms with Crippen LogP contribution in [0.25, 0.3) is 21.9 Å². The monoisotopic (exact) mass is 420 g/mol. The van der Waals surface area contributed by atoms with E-state index in [-0.39, 0.29) is 5.41 Å². The molecule has 0 aromatic heterocycles. The molecule has 0 spiro atoms. The summed E-state index contributed by atoms with van der Waals surface area (Å²) in [6.45, 7) is 6.49. The van der Waals surface area contributed by atoms with E-state index in [1.807, 2.05) is 36.4 Å². The number of methoxy groups -OCH3 is 3. The predicted octanol–water partition coefficient (Wildman–Crippen LogP) is 5.24. The van der Waals surface area contributed by atoms with E-state index in [1.54, 1.807) is 13.2 Å². The topological polar surface area (TPSA) is 61.8 Å². The fourth-order valence-corrected chi connectivity index (χ4v) is 3.70. The second kappa shape index (κ2) is 8.80. The largest absolute Gasteiger partial charge is 0.496 e. The van der Waals surface area contributed by atoms with Crippen LogP contribution in [0.1, 0.15) is 37.8 Å². The highest BCUT2D eigenvalue weighted by molar-refractivity contribution is 6.02. The quantitative estimate of drug-likeness (QED) is 0.417. The Morgan fingerprint density at radius 3 is 1.87 bits per heavy atom. The summed E-state index contributed by atoms with van der Waals surface area (Å²) in [5.41, 5.74) is 3.80. The standard InChI is InChI=1S/C26H28O5/c1-26(2,3)21-15-19(11-12-22(21)29-4)17-7-8-18-14-20(10-9-16(18)13-17)23(24(27)30-5)25(28)31-6/h7-15,23H,1-6H3. The third kappa shape index (κ3) is 4.55. The van der Waals surface area contributed by atoms with Crippen LogP contribution in [-0.4, -0.2) is 33.3 Å². The Kier molecular flexibility index (Phi) is 6.34. The molecule has 0 radical (unpaired) electrons. The molecule has 3 rings (SSSR count). The van der Waals surface area contributed by atoms with Gasteiger partial charge in [0.15, 0.2) is 5.92 Å². The van der Waals surface area contributed by atoms with Gasteiger partial charge >= 0.3 is 11.9 Å². The highest BCUT2D eigenvalue weighted by Gasteiger charge is 2.30. The van der Waals surface area contributed by atoms with Gasteiger partial charge in [0.05, 0.1) is 21.3 Å². The first-order valence-corrected chi connectivity index (χ1v) is 10.1. The van der Waals surface area contributed by atoms with Gasteiger partial charge in [-0.2, -0.15) is 0 Å². The van der Waals surface area contributed by atoms with Crippen molar-refractivity contribution in [3.63, 3.8) is 0 Å². The van der Waals surface area contributed by atoms with Gasteiger partial charge in [-0.05, 0) is 57.1 Å². The third-order valence-electron chi connectivity index (χ3n) is 5.41. The number of benzene rings is 3. The van der Waals surface area contributed by atoms with Crippen molar-refractivity contribution in [1.82, 2.24) is 0 Å². The van der Waals surface area contributed by atoms with E-state index in [1.165, 1.54) is 14.2 Å². The van der Waals surface area contributed by atoms with Crippen LogP contribution in [-0.2, 0) is 24.5 Å². The van der Waals surface area contributed by atoms with E-state index in [2.05, 4.69) is 32.9 Å². The van der Waals surface area contributed by atoms with Gasteiger partial charge in [-0.3, -0.25) is 9.59 Å². The Morgan fingerprint density at radius 1 is 0.742 bits per heavy atom. The molecule has 3 aromatic carbocycles. The van der Waals surface area contributed by atoms with Crippen molar-refractivity contribution in [2.24, 2.45) is 0 Å². The summed E-state index contributed by atoms with van der Waals surface area (Å²) in [5, 5.41) is 1.92. The number of ether oxygens (including phenoxy) is 3. The molecule has 0 amide bonds. The van der Waals surface area contributed by atoms with E-state index < -0.39 is 17.9 Å². The van der Waals surface area contributed by atoms with E-state index in [4.69, 9.17) is 14.2 Å². The minimum atomic E-state index is -1.10. The van der Waals surface area contributed by atoms with E-state index in [9.17, 15) is 9.59 Å². The Labute approximate surface area is 182 Å². The maximum absolute atomic E-state index is 12.1. The fraction of sp³-hybridized carbons (Fsp3) is 0.308. The molecule has 0 atom stereocenters. The summed E-state index contributed by atoms with van der Waals surface area (Å²) in [6.07, 6.45) is 0. The number of carbonyl (C=O) groups is 2. The summed E-state index contributed by atoms with van der Waals surface area (Å²) >= 11 is 0. The van der Waals surface area contributed by atoms with Crippen molar-refractivity contribution in [2.45, 2.75) is 32.1 Å². The lowest BCUT2D eigenvalue weighted by molar-refractivity contribution is -0.154. The van der Waals surface area contributed by atoms with Gasteiger partial charge in [-0.1, -0.05) is 51.1 Å². The van der Waals surface area contributed by atoms with Crippen molar-refractivity contribution >= 4 is 22.7 Å². The van der Waals surface area contributed by atoms with Crippen LogP contribution in [0.5, 0.6) is 5.75 Å². The van der Waals surface area contributed by atoms with Gasteiger partial charge in [-0.25, -0.2) is 0 Å². The average Bonchev–Trinajstić information content (AvgIpc) is 2.77. The van der Waals surface area contributed by atoms with Crippen molar-refractivity contribution in [2.75, 3.05) is 21.3 Å². The van der Waals surface area contributed by atoms with Gasteiger partial charge in [0.2, 0.25) is 0 Å². The highest BCUT2D eigenvalue weighted by atomic mass is 16.5. The summed E-state index contributed by atoms with van der Waals surface area (Å²) in [5.74, 6) is -1.51. The van der Waals surface area contributed by atoms with Crippen LogP contribution in [0, 0.1) is 0 Å². The third-order valence-corrected chi connectivity index (χ3v) is 5.41. The number of esters is 2. The van der Waals surface area contributed by atoms with E-state index >= 15 is 0 Å². The van der Waals surface area contributed by atoms with Crippen LogP contribution in [0.15, 0.2) is 54.6 Å². The van der Waals surface area contributed by atoms with Crippen molar-refractivity contribution in [1.29, 1.82) is 0 Å². The molecule has 0 saturated carbocycles. The maximum Gasteiger partial charge on any atom is 0.324 e. The second-order valence-corrected chi connectivity index (χ2v) is 8.47. The lowest BCUT2D eigenvalue weighted by atomic mass is 9.84. The van der Waals surface area contributed by atoms with Gasteiger partial charge in [0.25, 0.3) is 0 Å². The minimum absolute atomic E-state index is 0.0517. The Hall–Kier alpha value is -3.34. The Bertz CT molecular complexity index is 1110. The van der Waals surface area contributed by atoms with Crippen LogP contribution >= 0.6 is 0 Å². The average molecular weight is 421 g/mol. The molecule has 5 heteroatoms. The molecule has 0 aliphatic heterocycles. The zero-order chi connectivity index (χ0) is 22.8. The lowest BCUT2D eigenvalue weighted by Gasteiger charge is -2.23. The summed E-state index contributed by atoms with van der Waals surface area (Å²) in [4.78, 5) is 24.2. The normalized spacial score (nSPS) is 11.5. The number of fused-ring (bicyclic) bond motifs is 1. The second-order valence-electron chi connectivity index (χ2n) is 8.47. The molecule has 0 heterocycles. The maximum atomic E-state index is 12.1. The molecule has 162 valence electrons. The fourth-order valence-electron chi connectivity index (χ4n) is 3.70. The number of rotatable bonds is 5. The highest BCUT2D eigenvalue weighted by Crippen LogP contribution is 2.36. The summed E-state index contributed by atoms with van der Waals surface area (Å²) < 4.78 is 15.1. The summed E-state index contributed by atoms with van der Waals surface area (Å²) in [6, 6.07) is 17.8. The molecular formula is C26H28O5. The lowest BCUT2D eigenvalue weighted by Crippen LogP contribution is -2.24. The first kappa shape index (κ1) is 22.3. The number of hydrogen-bond acceptors (Lipinski definition) is 5. The number of carbonyl (C=O) groups excluding carboxylic acids is 2. The van der Waals surface area contributed by atoms with Gasteiger partial charge in [0.1, 0.15) is 5.75 Å². The first-order chi connectivity index (χ1) is 14.7. The Morgan fingerprint density at radius 2 is 1.29 bits per heavy atom. The van der Waals surface area contributed by atoms with Gasteiger partial charge < -0.3 is 14.2 Å². The number of hydrogen-bond donors (Lipinski definition) is 0. The van der Waals surface area contributed by atoms with E-state index in [0.29, 0.717) is 5.56 Å². The van der Waals surface area contributed by atoms with Crippen LogP contribution in [0.4, 0.5) is 0 Å². The molecule has 31 heavy (non-hydrogen) atoms. The SMILES string of the molecule is COC(=O)C(C(=O)OC)c1ccc2cc(-c3ccc(OC)c(C(C)(C)C)c3)ccc2c1. The zero-order valence-electron chi connectivity index (χ0n) is 18.8. The first-order valence-electron chi connectivity index (χ1n) is 10.1. The van der Waals surface area contributed by atoms with Crippen LogP contribution in [0.2, 0.25) is 0 Å². The Balaban J connectivity index is 2.04. The molecule has 5 nitrogen and oxygen atoms in total. The van der Waals surface area contributed by atoms with Crippen molar-refractivity contribution in [3.8, 4) is 16.9 Å². The molecule has 0 aliphatic carbocycles.